The zero-order valence-electron chi connectivity index (χ0n) is 11.9. The molecular weight excluding hydrogens is 250 g/mol. The summed E-state index contributed by atoms with van der Waals surface area (Å²) in [5.41, 5.74) is 1.35. The molecule has 20 heavy (non-hydrogen) atoms. The number of nitrogens with zero attached hydrogens (tertiary/aromatic N) is 2. The molecule has 0 bridgehead atoms. The molecule has 0 spiro atoms. The number of likely N-dealkylation sites (tertiary alicyclic amines) is 1. The summed E-state index contributed by atoms with van der Waals surface area (Å²) in [5.74, 6) is 0.0246. The normalized spacial score (nSPS) is 17.8. The Bertz CT molecular complexity index is 481. The van der Waals surface area contributed by atoms with E-state index in [2.05, 4.69) is 16.3 Å². The topological polar surface area (TPSA) is 56.1 Å². The average Bonchev–Trinajstić information content (AvgIpc) is 2.76. The summed E-state index contributed by atoms with van der Waals surface area (Å²) in [6, 6.07) is 8.93. The van der Waals surface area contributed by atoms with Gasteiger partial charge >= 0.3 is 0 Å². The summed E-state index contributed by atoms with van der Waals surface area (Å²) in [6.45, 7) is 3.97. The van der Waals surface area contributed by atoms with Crippen LogP contribution in [0.25, 0.3) is 0 Å². The molecule has 1 aliphatic heterocycles. The van der Waals surface area contributed by atoms with Gasteiger partial charge in [-0.15, -0.1) is 0 Å². The zero-order valence-corrected chi connectivity index (χ0v) is 11.9. The lowest BCUT2D eigenvalue weighted by Gasteiger charge is -2.26. The van der Waals surface area contributed by atoms with E-state index in [1.54, 1.807) is 24.3 Å². The molecular formula is C16H21N3O. The second-order valence-corrected chi connectivity index (χ2v) is 5.30. The van der Waals surface area contributed by atoms with Crippen LogP contribution in [0, 0.1) is 11.3 Å². The third kappa shape index (κ3) is 3.82. The van der Waals surface area contributed by atoms with Crippen molar-refractivity contribution < 1.29 is 4.79 Å². The molecule has 1 aromatic carbocycles. The van der Waals surface area contributed by atoms with Crippen molar-refractivity contribution in [1.82, 2.24) is 4.90 Å². The molecule has 0 aliphatic carbocycles. The second kappa shape index (κ2) is 7.06. The molecule has 0 saturated carbocycles. The van der Waals surface area contributed by atoms with Gasteiger partial charge in [0.1, 0.15) is 0 Å². The van der Waals surface area contributed by atoms with Crippen molar-refractivity contribution in [2.75, 3.05) is 18.4 Å². The number of carbonyl (C=O) groups excluding carboxylic acids is 1. The van der Waals surface area contributed by atoms with E-state index in [0.717, 1.165) is 18.8 Å². The molecule has 4 heteroatoms. The zero-order chi connectivity index (χ0) is 14.4. The van der Waals surface area contributed by atoms with Gasteiger partial charge in [-0.05, 0) is 57.1 Å². The third-order valence-electron chi connectivity index (χ3n) is 3.85. The number of benzene rings is 1. The Kier molecular flexibility index (Phi) is 5.14. The summed E-state index contributed by atoms with van der Waals surface area (Å²) in [7, 11) is 0. The lowest BCUT2D eigenvalue weighted by Crippen LogP contribution is -2.42. The number of carbonyl (C=O) groups is 1. The maximum atomic E-state index is 12.3. The number of nitrogens with one attached hydrogen (secondary N) is 1. The van der Waals surface area contributed by atoms with Crippen LogP contribution >= 0.6 is 0 Å². The Balaban J connectivity index is 1.94. The van der Waals surface area contributed by atoms with Gasteiger partial charge in [0, 0.05) is 5.69 Å². The van der Waals surface area contributed by atoms with Gasteiger partial charge in [0.05, 0.1) is 17.7 Å². The van der Waals surface area contributed by atoms with E-state index in [-0.39, 0.29) is 11.9 Å². The maximum absolute atomic E-state index is 12.3. The Morgan fingerprint density at radius 3 is 2.35 bits per heavy atom. The molecule has 1 aromatic rings. The fourth-order valence-electron chi connectivity index (χ4n) is 2.52. The molecule has 1 N–H and O–H groups in total. The maximum Gasteiger partial charge on any atom is 0.241 e. The van der Waals surface area contributed by atoms with Crippen LogP contribution in [0.1, 0.15) is 38.2 Å². The van der Waals surface area contributed by atoms with E-state index in [1.165, 1.54) is 25.7 Å². The Morgan fingerprint density at radius 2 is 1.80 bits per heavy atom. The first-order valence-electron chi connectivity index (χ1n) is 7.26. The van der Waals surface area contributed by atoms with E-state index in [9.17, 15) is 4.79 Å². The highest BCUT2D eigenvalue weighted by atomic mass is 16.2. The van der Waals surface area contributed by atoms with Gasteiger partial charge in [-0.25, -0.2) is 0 Å². The van der Waals surface area contributed by atoms with Crippen molar-refractivity contribution in [3.05, 3.63) is 29.8 Å². The molecule has 1 amide bonds. The Morgan fingerprint density at radius 1 is 1.20 bits per heavy atom. The van der Waals surface area contributed by atoms with Crippen LogP contribution in [-0.2, 0) is 4.79 Å². The van der Waals surface area contributed by atoms with Gasteiger partial charge in [-0.1, -0.05) is 12.8 Å². The summed E-state index contributed by atoms with van der Waals surface area (Å²) in [5, 5.41) is 11.7. The van der Waals surface area contributed by atoms with Crippen LogP contribution in [0.4, 0.5) is 5.69 Å². The van der Waals surface area contributed by atoms with Gasteiger partial charge in [0.2, 0.25) is 5.91 Å². The lowest BCUT2D eigenvalue weighted by molar-refractivity contribution is -0.120. The summed E-state index contributed by atoms with van der Waals surface area (Å²) in [4.78, 5) is 14.5. The van der Waals surface area contributed by atoms with Crippen molar-refractivity contribution in [2.45, 2.75) is 38.6 Å². The van der Waals surface area contributed by atoms with Crippen LogP contribution < -0.4 is 5.32 Å². The van der Waals surface area contributed by atoms with Gasteiger partial charge in [-0.2, -0.15) is 5.26 Å². The Labute approximate surface area is 120 Å². The summed E-state index contributed by atoms with van der Waals surface area (Å²) < 4.78 is 0. The third-order valence-corrected chi connectivity index (χ3v) is 3.85. The highest BCUT2D eigenvalue weighted by Crippen LogP contribution is 2.14. The molecule has 1 aliphatic rings. The largest absolute Gasteiger partial charge is 0.325 e. The molecule has 4 nitrogen and oxygen atoms in total. The first-order chi connectivity index (χ1) is 9.70. The quantitative estimate of drug-likeness (QED) is 0.919. The standard InChI is InChI=1S/C16H21N3O/c1-13(19-10-4-2-3-5-11-19)16(20)18-15-8-6-14(12-17)7-9-15/h6-9,13H,2-5,10-11H2,1H3,(H,18,20). The van der Waals surface area contributed by atoms with Gasteiger partial charge < -0.3 is 5.32 Å². The monoisotopic (exact) mass is 271 g/mol. The first-order valence-corrected chi connectivity index (χ1v) is 7.26. The van der Waals surface area contributed by atoms with Crippen LogP contribution in [0.3, 0.4) is 0 Å². The fourth-order valence-corrected chi connectivity index (χ4v) is 2.52. The average molecular weight is 271 g/mol. The minimum absolute atomic E-state index is 0.0246. The lowest BCUT2D eigenvalue weighted by atomic mass is 10.2. The fraction of sp³-hybridized carbons (Fsp3) is 0.500. The molecule has 1 unspecified atom stereocenters. The minimum atomic E-state index is -0.108. The van der Waals surface area contributed by atoms with Crippen molar-refractivity contribution in [3.8, 4) is 6.07 Å². The number of nitriles is 1. The molecule has 106 valence electrons. The molecule has 1 fully saturated rings. The van der Waals surface area contributed by atoms with Crippen LogP contribution in [0.5, 0.6) is 0 Å². The summed E-state index contributed by atoms with van der Waals surface area (Å²) >= 11 is 0. The van der Waals surface area contributed by atoms with E-state index >= 15 is 0 Å². The first kappa shape index (κ1) is 14.5. The van der Waals surface area contributed by atoms with Crippen molar-refractivity contribution in [2.24, 2.45) is 0 Å². The molecule has 1 atom stereocenters. The molecule has 1 heterocycles. The van der Waals surface area contributed by atoms with Crippen molar-refractivity contribution in [3.63, 3.8) is 0 Å². The van der Waals surface area contributed by atoms with E-state index < -0.39 is 0 Å². The van der Waals surface area contributed by atoms with Crippen LogP contribution in [0.2, 0.25) is 0 Å². The number of amides is 1. The predicted octanol–water partition coefficient (Wildman–Crippen LogP) is 2.76. The smallest absolute Gasteiger partial charge is 0.241 e. The van der Waals surface area contributed by atoms with Crippen LogP contribution in [0.15, 0.2) is 24.3 Å². The highest BCUT2D eigenvalue weighted by molar-refractivity contribution is 5.94. The molecule has 0 radical (unpaired) electrons. The molecule has 1 saturated heterocycles. The number of rotatable bonds is 3. The SMILES string of the molecule is CC(C(=O)Nc1ccc(C#N)cc1)N1CCCCCC1. The van der Waals surface area contributed by atoms with E-state index in [1.807, 2.05) is 6.92 Å². The Hall–Kier alpha value is -1.86. The molecule has 2 rings (SSSR count). The van der Waals surface area contributed by atoms with Crippen LogP contribution in [-0.4, -0.2) is 29.9 Å². The minimum Gasteiger partial charge on any atom is -0.325 e. The van der Waals surface area contributed by atoms with Gasteiger partial charge in [0.25, 0.3) is 0 Å². The van der Waals surface area contributed by atoms with E-state index in [4.69, 9.17) is 5.26 Å². The number of anilines is 1. The van der Waals surface area contributed by atoms with Crippen molar-refractivity contribution >= 4 is 11.6 Å². The second-order valence-electron chi connectivity index (χ2n) is 5.30. The van der Waals surface area contributed by atoms with Gasteiger partial charge in [-0.3, -0.25) is 9.69 Å². The predicted molar refractivity (Wildman–Crippen MR) is 79.3 cm³/mol. The van der Waals surface area contributed by atoms with Gasteiger partial charge in [0.15, 0.2) is 0 Å². The van der Waals surface area contributed by atoms with Crippen molar-refractivity contribution in [1.29, 1.82) is 5.26 Å². The summed E-state index contributed by atoms with van der Waals surface area (Å²) in [6.07, 6.45) is 4.88. The van der Waals surface area contributed by atoms with E-state index in [0.29, 0.717) is 5.56 Å². The highest BCUT2D eigenvalue weighted by Gasteiger charge is 2.21. The number of hydrogen-bond acceptors (Lipinski definition) is 3. The number of hydrogen-bond donors (Lipinski definition) is 1. The molecule has 0 aromatic heterocycles.